The van der Waals surface area contributed by atoms with E-state index in [2.05, 4.69) is 0 Å². The van der Waals surface area contributed by atoms with Crippen molar-refractivity contribution in [3.63, 3.8) is 0 Å². The Morgan fingerprint density at radius 2 is 0.947 bits per heavy atom. The summed E-state index contributed by atoms with van der Waals surface area (Å²) >= 11 is 0. The largest absolute Gasteiger partial charge is 0.481 e. The first-order chi connectivity index (χ1) is 18.0. The summed E-state index contributed by atoms with van der Waals surface area (Å²) in [5, 5.41) is 17.3. The van der Waals surface area contributed by atoms with Crippen molar-refractivity contribution in [3.05, 3.63) is 12.2 Å². The minimum absolute atomic E-state index is 0.366. The summed E-state index contributed by atoms with van der Waals surface area (Å²) in [7, 11) is 0. The molecule has 4 fully saturated rings. The standard InChI is InChI=1S/C24H24N2O12/c27-11(28)3-5-13(31)37-7-25-21(33)17-9-1-2-10(18(17)22(25)34)16-15(9)19-20(16)24(36)26(23(19)35)8-38-14(32)6-4-12(29)30/h1-2,9-10,15-20H,3-8H2,(H,27,28)(H,29,30)/t9-,10+,15-,16+,17-,18-,19-,20-/m1/s1. The zero-order valence-corrected chi connectivity index (χ0v) is 19.9. The lowest BCUT2D eigenvalue weighted by Gasteiger charge is -2.60. The van der Waals surface area contributed by atoms with Gasteiger partial charge in [-0.1, -0.05) is 12.2 Å². The molecule has 14 heteroatoms. The average molecular weight is 532 g/mol. The van der Waals surface area contributed by atoms with Crippen molar-refractivity contribution in [2.75, 3.05) is 13.5 Å². The monoisotopic (exact) mass is 532 g/mol. The molecule has 0 radical (unpaired) electrons. The van der Waals surface area contributed by atoms with Crippen LogP contribution in [0, 0.1) is 47.3 Å². The fourth-order valence-electron chi connectivity index (χ4n) is 6.81. The first-order valence-electron chi connectivity index (χ1n) is 12.2. The highest BCUT2D eigenvalue weighted by Crippen LogP contribution is 2.68. The maximum Gasteiger partial charge on any atom is 0.308 e. The average Bonchev–Trinajstić information content (AvgIpc) is 3.22. The summed E-state index contributed by atoms with van der Waals surface area (Å²) in [6.45, 7) is -1.26. The number of hydrogen-bond donors (Lipinski definition) is 2. The molecule has 2 bridgehead atoms. The zero-order valence-electron chi connectivity index (χ0n) is 19.9. The van der Waals surface area contributed by atoms with E-state index in [4.69, 9.17) is 19.7 Å². The lowest BCUT2D eigenvalue weighted by molar-refractivity contribution is -0.166. The summed E-state index contributed by atoms with van der Waals surface area (Å²) in [6, 6.07) is 0. The van der Waals surface area contributed by atoms with Crippen molar-refractivity contribution in [2.24, 2.45) is 47.3 Å². The molecule has 4 aliphatic carbocycles. The van der Waals surface area contributed by atoms with Crippen molar-refractivity contribution in [3.8, 4) is 0 Å². The Morgan fingerprint density at radius 3 is 1.29 bits per heavy atom. The van der Waals surface area contributed by atoms with E-state index in [1.165, 1.54) is 0 Å². The van der Waals surface area contributed by atoms with Gasteiger partial charge < -0.3 is 19.7 Å². The summed E-state index contributed by atoms with van der Waals surface area (Å²) < 4.78 is 9.90. The first-order valence-corrected chi connectivity index (χ1v) is 12.2. The van der Waals surface area contributed by atoms with Gasteiger partial charge in [0.05, 0.1) is 49.4 Å². The van der Waals surface area contributed by atoms with Gasteiger partial charge in [-0.2, -0.15) is 0 Å². The summed E-state index contributed by atoms with van der Waals surface area (Å²) in [4.78, 5) is 99.1. The van der Waals surface area contributed by atoms with Crippen LogP contribution in [0.25, 0.3) is 0 Å². The molecule has 2 N–H and O–H groups in total. The highest BCUT2D eigenvalue weighted by atomic mass is 16.6. The molecule has 0 aromatic rings. The number of carboxylic acid groups (broad SMARTS) is 2. The number of aliphatic carboxylic acids is 2. The number of ether oxygens (including phenoxy) is 2. The molecule has 0 spiro atoms. The smallest absolute Gasteiger partial charge is 0.308 e. The van der Waals surface area contributed by atoms with E-state index in [1.807, 2.05) is 0 Å². The summed E-state index contributed by atoms with van der Waals surface area (Å²) in [5.74, 6) is -11.0. The number of nitrogens with zero attached hydrogens (tertiary/aromatic N) is 2. The van der Waals surface area contributed by atoms with Crippen LogP contribution in [0.3, 0.4) is 0 Å². The number of allylic oxidation sites excluding steroid dienone is 2. The van der Waals surface area contributed by atoms with E-state index >= 15 is 0 Å². The van der Waals surface area contributed by atoms with Crippen LogP contribution in [0.1, 0.15) is 25.7 Å². The van der Waals surface area contributed by atoms with Crippen LogP contribution in [0.15, 0.2) is 12.2 Å². The van der Waals surface area contributed by atoms with Gasteiger partial charge in [0, 0.05) is 0 Å². The predicted octanol–water partition coefficient (Wildman–Crippen LogP) is -1.02. The van der Waals surface area contributed by atoms with E-state index < -0.39 is 122 Å². The topological polar surface area (TPSA) is 202 Å². The molecule has 14 nitrogen and oxygen atoms in total. The van der Waals surface area contributed by atoms with E-state index in [1.54, 1.807) is 12.2 Å². The molecule has 6 aliphatic rings. The van der Waals surface area contributed by atoms with Gasteiger partial charge in [-0.15, -0.1) is 0 Å². The van der Waals surface area contributed by atoms with Gasteiger partial charge in [0.25, 0.3) is 0 Å². The molecule has 2 saturated carbocycles. The molecule has 38 heavy (non-hydrogen) atoms. The van der Waals surface area contributed by atoms with Crippen LogP contribution in [0.4, 0.5) is 0 Å². The Kier molecular flexibility index (Phi) is 6.27. The second-order valence-electron chi connectivity index (χ2n) is 10.1. The van der Waals surface area contributed by atoms with Gasteiger partial charge in [-0.25, -0.2) is 9.80 Å². The lowest BCUT2D eigenvalue weighted by atomic mass is 9.40. The Hall–Kier alpha value is -4.10. The second-order valence-corrected chi connectivity index (χ2v) is 10.1. The van der Waals surface area contributed by atoms with Crippen molar-refractivity contribution >= 4 is 47.5 Å². The maximum absolute atomic E-state index is 13.2. The number of carbonyl (C=O) groups excluding carboxylic acids is 6. The fourth-order valence-corrected chi connectivity index (χ4v) is 6.81. The highest BCUT2D eigenvalue weighted by molar-refractivity contribution is 6.09. The summed E-state index contributed by atoms with van der Waals surface area (Å²) in [6.07, 6.45) is 1.87. The minimum Gasteiger partial charge on any atom is -0.481 e. The van der Waals surface area contributed by atoms with Gasteiger partial charge in [0.2, 0.25) is 23.6 Å². The Labute approximate surface area is 214 Å². The van der Waals surface area contributed by atoms with Crippen LogP contribution in [0.2, 0.25) is 0 Å². The van der Waals surface area contributed by atoms with Crippen LogP contribution < -0.4 is 0 Å². The van der Waals surface area contributed by atoms with E-state index in [0.29, 0.717) is 0 Å². The molecule has 6 rings (SSSR count). The number of fused-ring (bicyclic) bond motifs is 1. The van der Waals surface area contributed by atoms with Crippen molar-refractivity contribution < 1.29 is 58.0 Å². The number of esters is 2. The Morgan fingerprint density at radius 1 is 0.605 bits per heavy atom. The number of carboxylic acids is 2. The first kappa shape index (κ1) is 25.5. The third kappa shape index (κ3) is 3.85. The van der Waals surface area contributed by atoms with E-state index in [0.717, 1.165) is 9.80 Å². The maximum atomic E-state index is 13.2. The van der Waals surface area contributed by atoms with Crippen molar-refractivity contribution in [1.82, 2.24) is 9.80 Å². The number of rotatable bonds is 10. The SMILES string of the molecule is O=C(O)CCC(=O)OCN1C(=O)[C@@H]2[C@H]3C=C[C@@H]([C@H]2C1=O)[C@H]1[C@H]2C(=O)N(COC(=O)CCC(=O)O)C(=O)[C@@H]2[C@@H]31. The number of hydrogen-bond acceptors (Lipinski definition) is 10. The highest BCUT2D eigenvalue weighted by Gasteiger charge is 2.75. The Bertz CT molecular complexity index is 1140. The number of amides is 4. The van der Waals surface area contributed by atoms with Gasteiger partial charge in [0.15, 0.2) is 13.5 Å². The molecule has 8 atom stereocenters. The van der Waals surface area contributed by atoms with Crippen LogP contribution in [0.5, 0.6) is 0 Å². The number of likely N-dealkylation sites (tertiary alicyclic amines) is 2. The van der Waals surface area contributed by atoms with Crippen molar-refractivity contribution in [2.45, 2.75) is 25.7 Å². The lowest BCUT2D eigenvalue weighted by Crippen LogP contribution is -2.63. The number of imide groups is 2. The third-order valence-corrected chi connectivity index (χ3v) is 8.32. The van der Waals surface area contributed by atoms with Crippen LogP contribution in [-0.2, 0) is 47.8 Å². The Balaban J connectivity index is 1.26. The molecule has 0 aromatic carbocycles. The fraction of sp³-hybridized carbons (Fsp3) is 0.583. The second kappa shape index (κ2) is 9.33. The van der Waals surface area contributed by atoms with Gasteiger partial charge in [-0.3, -0.25) is 38.4 Å². The number of carbonyl (C=O) groups is 8. The molecule has 202 valence electrons. The van der Waals surface area contributed by atoms with Gasteiger partial charge in [0.1, 0.15) is 0 Å². The van der Waals surface area contributed by atoms with E-state index in [9.17, 15) is 38.4 Å². The zero-order chi connectivity index (χ0) is 27.5. The quantitative estimate of drug-likeness (QED) is 0.197. The minimum atomic E-state index is -1.19. The van der Waals surface area contributed by atoms with Crippen LogP contribution in [-0.4, -0.2) is 81.0 Å². The normalized spacial score (nSPS) is 34.0. The molecule has 4 amide bonds. The van der Waals surface area contributed by atoms with Crippen LogP contribution >= 0.6 is 0 Å². The van der Waals surface area contributed by atoms with Crippen molar-refractivity contribution in [1.29, 1.82) is 0 Å². The van der Waals surface area contributed by atoms with Gasteiger partial charge >= 0.3 is 23.9 Å². The van der Waals surface area contributed by atoms with E-state index in [-0.39, 0.29) is 11.8 Å². The predicted molar refractivity (Wildman–Crippen MR) is 116 cm³/mol. The molecule has 0 aromatic heterocycles. The molecule has 2 aliphatic heterocycles. The third-order valence-electron chi connectivity index (χ3n) is 8.32. The molecular formula is C24H24N2O12. The molecular weight excluding hydrogens is 508 g/mol. The van der Waals surface area contributed by atoms with Gasteiger partial charge in [-0.05, 0) is 23.7 Å². The summed E-state index contributed by atoms with van der Waals surface area (Å²) in [5.41, 5.74) is 0. The molecule has 2 saturated heterocycles. The molecule has 2 heterocycles. The molecule has 0 unspecified atom stereocenters.